The van der Waals surface area contributed by atoms with E-state index in [-0.39, 0.29) is 5.41 Å². The Labute approximate surface area is 161 Å². The average molecular weight is 370 g/mol. The first-order valence-corrected chi connectivity index (χ1v) is 10.6. The van der Waals surface area contributed by atoms with Gasteiger partial charge in [0, 0.05) is 31.1 Å². The molecule has 4 bridgehead atoms. The molecule has 2 heterocycles. The Morgan fingerprint density at radius 3 is 2.41 bits per heavy atom. The van der Waals surface area contributed by atoms with Crippen LogP contribution in [0.4, 0.5) is 5.88 Å². The number of hydrogen-bond acceptors (Lipinski definition) is 6. The topological polar surface area (TPSA) is 74.3 Å². The van der Waals surface area contributed by atoms with E-state index in [1.807, 2.05) is 0 Å². The Morgan fingerprint density at radius 2 is 1.81 bits per heavy atom. The average Bonchev–Trinajstić information content (AvgIpc) is 3.10. The molecule has 0 radical (unpaired) electrons. The molecule has 4 aliphatic carbocycles. The highest BCUT2D eigenvalue weighted by Gasteiger charge is 2.54. The molecule has 6 heteroatoms. The summed E-state index contributed by atoms with van der Waals surface area (Å²) < 4.78 is 11.7. The number of ether oxygens (including phenoxy) is 1. The molecule has 0 amide bonds. The second-order valence-corrected chi connectivity index (χ2v) is 9.38. The van der Waals surface area contributed by atoms with E-state index in [0.717, 1.165) is 56.5 Å². The molecule has 5 fully saturated rings. The molecular weight excluding hydrogens is 340 g/mol. The summed E-state index contributed by atoms with van der Waals surface area (Å²) in [4.78, 5) is 7.10. The number of rotatable bonds is 5. The van der Waals surface area contributed by atoms with Crippen molar-refractivity contribution in [3.05, 3.63) is 11.6 Å². The maximum atomic E-state index is 9.59. The standard InChI is InChI=1S/C21H30N4O2/c1-14(25-2-4-26-5-3-25)13-23-19-18(12-22)24-20(27-19)21-9-15-6-16(10-21)8-17(7-15)11-21/h14-17,23H,2-11,13H2,1H3. The lowest BCUT2D eigenvalue weighted by molar-refractivity contribution is -0.0174. The lowest BCUT2D eigenvalue weighted by Gasteiger charge is -2.55. The quantitative estimate of drug-likeness (QED) is 0.858. The number of anilines is 1. The monoisotopic (exact) mass is 370 g/mol. The highest BCUT2D eigenvalue weighted by atomic mass is 16.5. The van der Waals surface area contributed by atoms with Gasteiger partial charge in [0.15, 0.2) is 0 Å². The minimum Gasteiger partial charge on any atom is -0.423 e. The Hall–Kier alpha value is -1.58. The van der Waals surface area contributed by atoms with E-state index in [1.165, 1.54) is 38.5 Å². The van der Waals surface area contributed by atoms with Crippen LogP contribution in [0.3, 0.4) is 0 Å². The normalized spacial score (nSPS) is 36.5. The van der Waals surface area contributed by atoms with Crippen molar-refractivity contribution in [1.29, 1.82) is 5.26 Å². The Bertz CT molecular complexity index is 696. The minimum absolute atomic E-state index is 0.0934. The zero-order chi connectivity index (χ0) is 18.4. The van der Waals surface area contributed by atoms with Gasteiger partial charge in [-0.15, -0.1) is 0 Å². The highest BCUT2D eigenvalue weighted by Crippen LogP contribution is 2.60. The predicted molar refractivity (Wildman–Crippen MR) is 101 cm³/mol. The van der Waals surface area contributed by atoms with Crippen molar-refractivity contribution in [2.24, 2.45) is 17.8 Å². The van der Waals surface area contributed by atoms with Crippen LogP contribution in [0.2, 0.25) is 0 Å². The Kier molecular flexibility index (Phi) is 4.40. The molecule has 1 unspecified atom stereocenters. The molecule has 1 atom stereocenters. The van der Waals surface area contributed by atoms with E-state index in [4.69, 9.17) is 9.15 Å². The summed E-state index contributed by atoms with van der Waals surface area (Å²) in [6.07, 6.45) is 7.80. The molecule has 4 saturated carbocycles. The smallest absolute Gasteiger partial charge is 0.232 e. The third-order valence-electron chi connectivity index (χ3n) is 7.45. The van der Waals surface area contributed by atoms with Crippen LogP contribution in [0.15, 0.2) is 4.42 Å². The molecule has 6 rings (SSSR count). The van der Waals surface area contributed by atoms with Crippen molar-refractivity contribution in [2.45, 2.75) is 56.9 Å². The van der Waals surface area contributed by atoms with Gasteiger partial charge in [-0.25, -0.2) is 0 Å². The molecule has 1 N–H and O–H groups in total. The summed E-state index contributed by atoms with van der Waals surface area (Å²) in [7, 11) is 0. The molecule has 1 aromatic rings. The number of aromatic nitrogens is 1. The van der Waals surface area contributed by atoms with Gasteiger partial charge >= 0.3 is 0 Å². The zero-order valence-electron chi connectivity index (χ0n) is 16.2. The van der Waals surface area contributed by atoms with Crippen molar-refractivity contribution in [3.63, 3.8) is 0 Å². The summed E-state index contributed by atoms with van der Waals surface area (Å²) in [6, 6.07) is 2.62. The second-order valence-electron chi connectivity index (χ2n) is 9.38. The van der Waals surface area contributed by atoms with Gasteiger partial charge in [-0.2, -0.15) is 10.2 Å². The molecule has 0 spiro atoms. The van der Waals surface area contributed by atoms with Crippen molar-refractivity contribution in [2.75, 3.05) is 38.2 Å². The van der Waals surface area contributed by atoms with Gasteiger partial charge in [-0.05, 0) is 63.2 Å². The van der Waals surface area contributed by atoms with Gasteiger partial charge in [0.05, 0.1) is 13.2 Å². The highest BCUT2D eigenvalue weighted by molar-refractivity contribution is 5.46. The van der Waals surface area contributed by atoms with Crippen LogP contribution in [0, 0.1) is 29.1 Å². The largest absolute Gasteiger partial charge is 0.423 e. The molecule has 1 aromatic heterocycles. The molecule has 6 nitrogen and oxygen atoms in total. The summed E-state index contributed by atoms with van der Waals surface area (Å²) >= 11 is 0. The zero-order valence-corrected chi connectivity index (χ0v) is 16.2. The van der Waals surface area contributed by atoms with Crippen LogP contribution in [-0.2, 0) is 10.2 Å². The van der Waals surface area contributed by atoms with Crippen molar-refractivity contribution < 1.29 is 9.15 Å². The number of hydrogen-bond donors (Lipinski definition) is 1. The van der Waals surface area contributed by atoms with Gasteiger partial charge in [-0.3, -0.25) is 4.90 Å². The first kappa shape index (κ1) is 17.5. The minimum atomic E-state index is 0.0934. The first-order valence-electron chi connectivity index (χ1n) is 10.6. The molecular formula is C21H30N4O2. The van der Waals surface area contributed by atoms with E-state index in [1.54, 1.807) is 0 Å². The Morgan fingerprint density at radius 1 is 1.19 bits per heavy atom. The van der Waals surface area contributed by atoms with Crippen molar-refractivity contribution in [3.8, 4) is 6.07 Å². The Balaban J connectivity index is 1.31. The van der Waals surface area contributed by atoms with Crippen LogP contribution in [-0.4, -0.2) is 48.8 Å². The molecule has 5 aliphatic rings. The lowest BCUT2D eigenvalue weighted by Crippen LogP contribution is -2.48. The van der Waals surface area contributed by atoms with Crippen LogP contribution in [0.25, 0.3) is 0 Å². The fourth-order valence-electron chi connectivity index (χ4n) is 6.50. The van der Waals surface area contributed by atoms with Crippen LogP contribution >= 0.6 is 0 Å². The van der Waals surface area contributed by atoms with E-state index >= 15 is 0 Å². The van der Waals surface area contributed by atoms with Gasteiger partial charge in [-0.1, -0.05) is 0 Å². The number of nitrogens with one attached hydrogen (secondary N) is 1. The van der Waals surface area contributed by atoms with Crippen LogP contribution in [0.1, 0.15) is 57.0 Å². The molecule has 27 heavy (non-hydrogen) atoms. The van der Waals surface area contributed by atoms with Crippen LogP contribution < -0.4 is 5.32 Å². The fraction of sp³-hybridized carbons (Fsp3) is 0.810. The third kappa shape index (κ3) is 3.15. The van der Waals surface area contributed by atoms with E-state index < -0.39 is 0 Å². The van der Waals surface area contributed by atoms with E-state index in [2.05, 4.69) is 28.2 Å². The van der Waals surface area contributed by atoms with Gasteiger partial charge in [0.25, 0.3) is 0 Å². The SMILES string of the molecule is CC(CNc1oc(C23CC4CC(CC(C4)C2)C3)nc1C#N)N1CCOCC1. The number of nitrogens with zero attached hydrogens (tertiary/aromatic N) is 3. The molecule has 146 valence electrons. The van der Waals surface area contributed by atoms with Gasteiger partial charge < -0.3 is 14.5 Å². The number of nitriles is 1. The van der Waals surface area contributed by atoms with Gasteiger partial charge in [0.2, 0.25) is 17.5 Å². The maximum absolute atomic E-state index is 9.59. The van der Waals surface area contributed by atoms with E-state index in [9.17, 15) is 5.26 Å². The molecule has 1 aliphatic heterocycles. The van der Waals surface area contributed by atoms with Gasteiger partial charge in [0.1, 0.15) is 6.07 Å². The fourth-order valence-corrected chi connectivity index (χ4v) is 6.50. The predicted octanol–water partition coefficient (Wildman–Crippen LogP) is 3.15. The summed E-state index contributed by atoms with van der Waals surface area (Å²) in [6.45, 7) is 6.48. The summed E-state index contributed by atoms with van der Waals surface area (Å²) in [5.74, 6) is 3.92. The third-order valence-corrected chi connectivity index (χ3v) is 7.45. The first-order chi connectivity index (χ1) is 13.1. The lowest BCUT2D eigenvalue weighted by atomic mass is 9.49. The van der Waals surface area contributed by atoms with Crippen molar-refractivity contribution in [1.82, 2.24) is 9.88 Å². The van der Waals surface area contributed by atoms with Crippen LogP contribution in [0.5, 0.6) is 0 Å². The number of oxazole rings is 1. The second kappa shape index (κ2) is 6.79. The maximum Gasteiger partial charge on any atom is 0.232 e. The van der Waals surface area contributed by atoms with Crippen molar-refractivity contribution >= 4 is 5.88 Å². The number of morpholine rings is 1. The van der Waals surface area contributed by atoms with E-state index in [0.29, 0.717) is 17.6 Å². The molecule has 1 saturated heterocycles. The summed E-state index contributed by atoms with van der Waals surface area (Å²) in [5.41, 5.74) is 0.519. The summed E-state index contributed by atoms with van der Waals surface area (Å²) in [5, 5.41) is 13.0. The molecule has 0 aromatic carbocycles.